The molecule has 1 aliphatic heterocycles. The number of aliphatic carboxylic acids is 2. The number of primary amides is 1. The summed E-state index contributed by atoms with van der Waals surface area (Å²) in [7, 11) is 0. The zero-order chi connectivity index (χ0) is 28.1. The Kier molecular flexibility index (Phi) is 12.8. The number of carboxylic acid groups (broad SMARTS) is 2. The zero-order valence-corrected chi connectivity index (χ0v) is 20.4. The Balaban J connectivity index is 3.05. The zero-order valence-electron chi connectivity index (χ0n) is 20.4. The molecule has 1 rings (SSSR count). The number of aliphatic imine (C=N–C) groups is 1. The highest BCUT2D eigenvalue weighted by Crippen LogP contribution is 2.20. The van der Waals surface area contributed by atoms with E-state index in [1.165, 1.54) is 4.90 Å². The van der Waals surface area contributed by atoms with Gasteiger partial charge in [0.1, 0.15) is 18.1 Å². The predicted octanol–water partition coefficient (Wildman–Crippen LogP) is -3.46. The molecule has 0 aromatic heterocycles. The number of nitrogens with zero attached hydrogens (tertiary/aromatic N) is 2. The molecule has 1 heterocycles. The smallest absolute Gasteiger partial charge is 0.326 e. The van der Waals surface area contributed by atoms with Gasteiger partial charge in [0.15, 0.2) is 5.96 Å². The van der Waals surface area contributed by atoms with Crippen LogP contribution in [0.25, 0.3) is 0 Å². The van der Waals surface area contributed by atoms with Crippen LogP contribution in [-0.2, 0) is 28.8 Å². The molecule has 0 bridgehead atoms. The molecule has 4 amide bonds. The van der Waals surface area contributed by atoms with Gasteiger partial charge in [0.2, 0.25) is 23.6 Å². The van der Waals surface area contributed by atoms with Gasteiger partial charge in [-0.3, -0.25) is 29.0 Å². The lowest BCUT2D eigenvalue weighted by atomic mass is 10.1. The lowest BCUT2D eigenvalue weighted by molar-refractivity contribution is -0.149. The number of carbonyl (C=O) groups excluding carboxylic acids is 4. The van der Waals surface area contributed by atoms with Crippen molar-refractivity contribution in [1.82, 2.24) is 15.5 Å². The van der Waals surface area contributed by atoms with E-state index in [9.17, 15) is 33.9 Å². The van der Waals surface area contributed by atoms with Crippen molar-refractivity contribution in [3.63, 3.8) is 0 Å². The molecule has 0 spiro atoms. The van der Waals surface area contributed by atoms with Crippen molar-refractivity contribution in [3.05, 3.63) is 0 Å². The van der Waals surface area contributed by atoms with Crippen LogP contribution in [0.1, 0.15) is 51.4 Å². The normalized spacial score (nSPS) is 17.2. The molecule has 16 heteroatoms. The molecule has 1 fully saturated rings. The molecule has 208 valence electrons. The van der Waals surface area contributed by atoms with E-state index in [1.54, 1.807) is 0 Å². The maximum absolute atomic E-state index is 13.2. The molecule has 37 heavy (non-hydrogen) atoms. The second-order valence-electron chi connectivity index (χ2n) is 8.64. The number of rotatable bonds is 16. The van der Waals surface area contributed by atoms with Gasteiger partial charge in [-0.05, 0) is 38.5 Å². The minimum Gasteiger partial charge on any atom is -0.481 e. The van der Waals surface area contributed by atoms with E-state index in [2.05, 4.69) is 15.6 Å². The molecule has 0 saturated carbocycles. The molecule has 16 nitrogen and oxygen atoms in total. The summed E-state index contributed by atoms with van der Waals surface area (Å²) < 4.78 is 0. The van der Waals surface area contributed by atoms with E-state index in [0.29, 0.717) is 6.42 Å². The minimum absolute atomic E-state index is 0.0544. The Morgan fingerprint density at radius 2 is 1.57 bits per heavy atom. The van der Waals surface area contributed by atoms with E-state index in [1.807, 2.05) is 0 Å². The summed E-state index contributed by atoms with van der Waals surface area (Å²) in [4.78, 5) is 77.4. The number of carboxylic acids is 2. The van der Waals surface area contributed by atoms with Crippen molar-refractivity contribution in [2.75, 3.05) is 13.1 Å². The second kappa shape index (κ2) is 15.2. The summed E-state index contributed by atoms with van der Waals surface area (Å²) in [6.45, 7) is 0.334. The predicted molar refractivity (Wildman–Crippen MR) is 129 cm³/mol. The van der Waals surface area contributed by atoms with E-state index in [0.717, 1.165) is 0 Å². The van der Waals surface area contributed by atoms with Crippen LogP contribution in [0.4, 0.5) is 0 Å². The summed E-state index contributed by atoms with van der Waals surface area (Å²) in [5.41, 5.74) is 21.5. The van der Waals surface area contributed by atoms with Gasteiger partial charge in [-0.25, -0.2) is 4.79 Å². The van der Waals surface area contributed by atoms with Crippen molar-refractivity contribution >= 4 is 41.5 Å². The third-order valence-electron chi connectivity index (χ3n) is 5.70. The summed E-state index contributed by atoms with van der Waals surface area (Å²) in [5, 5.41) is 23.1. The van der Waals surface area contributed by atoms with Crippen molar-refractivity contribution in [3.8, 4) is 0 Å². The molecule has 4 atom stereocenters. The van der Waals surface area contributed by atoms with Crippen LogP contribution in [0.15, 0.2) is 4.99 Å². The molecule has 1 saturated heterocycles. The second-order valence-corrected chi connectivity index (χ2v) is 8.64. The van der Waals surface area contributed by atoms with Crippen LogP contribution < -0.4 is 33.6 Å². The molecular formula is C21H36N8O8. The summed E-state index contributed by atoms with van der Waals surface area (Å²) in [6.07, 6.45) is -0.00204. The first-order chi connectivity index (χ1) is 17.3. The number of hydrogen-bond donors (Lipinski definition) is 8. The number of nitrogens with one attached hydrogen (secondary N) is 2. The number of nitrogens with two attached hydrogens (primary N) is 4. The van der Waals surface area contributed by atoms with Gasteiger partial charge in [-0.2, -0.15) is 0 Å². The quantitative estimate of drug-likeness (QED) is 0.0553. The number of likely N-dealkylation sites (tertiary alicyclic amines) is 1. The van der Waals surface area contributed by atoms with Crippen molar-refractivity contribution in [1.29, 1.82) is 0 Å². The number of hydrogen-bond acceptors (Lipinski definition) is 8. The van der Waals surface area contributed by atoms with Crippen LogP contribution in [0.5, 0.6) is 0 Å². The van der Waals surface area contributed by atoms with Gasteiger partial charge in [0, 0.05) is 25.9 Å². The molecule has 0 aromatic carbocycles. The molecule has 1 aliphatic rings. The lowest BCUT2D eigenvalue weighted by Crippen LogP contribution is -2.57. The Labute approximate surface area is 213 Å². The van der Waals surface area contributed by atoms with Gasteiger partial charge in [-0.15, -0.1) is 0 Å². The van der Waals surface area contributed by atoms with Crippen molar-refractivity contribution in [2.24, 2.45) is 27.9 Å². The average Bonchev–Trinajstić information content (AvgIpc) is 3.31. The highest BCUT2D eigenvalue weighted by molar-refractivity contribution is 5.94. The maximum Gasteiger partial charge on any atom is 0.326 e. The Bertz CT molecular complexity index is 892. The first-order valence-electron chi connectivity index (χ1n) is 11.8. The highest BCUT2D eigenvalue weighted by atomic mass is 16.4. The van der Waals surface area contributed by atoms with E-state index < -0.39 is 59.7 Å². The van der Waals surface area contributed by atoms with Gasteiger partial charge >= 0.3 is 11.9 Å². The van der Waals surface area contributed by atoms with E-state index in [4.69, 9.17) is 28.0 Å². The molecular weight excluding hydrogens is 492 g/mol. The number of guanidine groups is 1. The third-order valence-corrected chi connectivity index (χ3v) is 5.70. The van der Waals surface area contributed by atoms with Crippen LogP contribution >= 0.6 is 0 Å². The molecule has 4 unspecified atom stereocenters. The fraction of sp³-hybridized carbons (Fsp3) is 0.667. The summed E-state index contributed by atoms with van der Waals surface area (Å²) in [5.74, 6) is -5.51. The standard InChI is InChI=1S/C21H36N8O8/c22-11(5-8-16(31)32)17(33)27-12(6-7-15(23)30)18(34)28-13(3-1-9-26-21(24)25)19(35)29-10-2-4-14(29)20(36)37/h11-14H,1-10,22H2,(H2,23,30)(H,27,33)(H,28,34)(H,31,32)(H,36,37)(H4,24,25,26). The topological polar surface area (TPSA) is 287 Å². The highest BCUT2D eigenvalue weighted by Gasteiger charge is 2.38. The SMILES string of the molecule is NC(=O)CCC(NC(=O)C(N)CCC(=O)O)C(=O)NC(CCCN=C(N)N)C(=O)N1CCCC1C(=O)O. The fourth-order valence-electron chi connectivity index (χ4n) is 3.76. The van der Waals surface area contributed by atoms with Crippen molar-refractivity contribution in [2.45, 2.75) is 75.5 Å². The molecule has 0 radical (unpaired) electrons. The average molecular weight is 529 g/mol. The van der Waals surface area contributed by atoms with E-state index >= 15 is 0 Å². The number of carbonyl (C=O) groups is 6. The van der Waals surface area contributed by atoms with Gasteiger partial charge < -0.3 is 48.7 Å². The summed E-state index contributed by atoms with van der Waals surface area (Å²) >= 11 is 0. The molecule has 12 N–H and O–H groups in total. The Morgan fingerprint density at radius 3 is 2.14 bits per heavy atom. The van der Waals surface area contributed by atoms with Crippen LogP contribution in [0, 0.1) is 0 Å². The van der Waals surface area contributed by atoms with Gasteiger partial charge in [0.25, 0.3) is 0 Å². The first-order valence-corrected chi connectivity index (χ1v) is 11.8. The minimum atomic E-state index is -1.32. The molecule has 0 aromatic rings. The van der Waals surface area contributed by atoms with Crippen LogP contribution in [0.2, 0.25) is 0 Å². The Hall–Kier alpha value is -3.95. The lowest BCUT2D eigenvalue weighted by Gasteiger charge is -2.29. The van der Waals surface area contributed by atoms with Crippen LogP contribution in [-0.4, -0.2) is 93.9 Å². The van der Waals surface area contributed by atoms with E-state index in [-0.39, 0.29) is 64.0 Å². The van der Waals surface area contributed by atoms with Gasteiger partial charge in [-0.1, -0.05) is 0 Å². The van der Waals surface area contributed by atoms with Crippen LogP contribution in [0.3, 0.4) is 0 Å². The third kappa shape index (κ3) is 11.1. The first kappa shape index (κ1) is 31.1. The molecule has 0 aliphatic carbocycles. The Morgan fingerprint density at radius 1 is 0.919 bits per heavy atom. The monoisotopic (exact) mass is 528 g/mol. The summed E-state index contributed by atoms with van der Waals surface area (Å²) in [6, 6.07) is -4.77. The van der Waals surface area contributed by atoms with Gasteiger partial charge in [0.05, 0.1) is 6.04 Å². The fourth-order valence-corrected chi connectivity index (χ4v) is 3.76. The number of amides is 4. The van der Waals surface area contributed by atoms with Crippen molar-refractivity contribution < 1.29 is 39.0 Å². The largest absolute Gasteiger partial charge is 0.481 e. The maximum atomic E-state index is 13.2.